The van der Waals surface area contributed by atoms with Gasteiger partial charge in [-0.2, -0.15) is 4.98 Å². The number of hydrogen-bond donors (Lipinski definition) is 0. The molecule has 0 radical (unpaired) electrons. The Labute approximate surface area is 195 Å². The number of halogens is 3. The van der Waals surface area contributed by atoms with Crippen LogP contribution in [0.3, 0.4) is 0 Å². The normalized spacial score (nSPS) is 12.4. The Morgan fingerprint density at radius 1 is 0.935 bits per heavy atom. The highest BCUT2D eigenvalue weighted by atomic mass is 35.6. The summed E-state index contributed by atoms with van der Waals surface area (Å²) >= 11 is 17.2. The molecule has 170 valence electrons. The van der Waals surface area contributed by atoms with Gasteiger partial charge in [0.1, 0.15) is 11.2 Å². The summed E-state index contributed by atoms with van der Waals surface area (Å²) in [5.41, 5.74) is -0.320. The first-order chi connectivity index (χ1) is 14.0. The van der Waals surface area contributed by atoms with Crippen LogP contribution in [0.5, 0.6) is 0 Å². The van der Waals surface area contributed by atoms with E-state index in [-0.39, 0.29) is 18.3 Å². The number of carbonyl (C=O) groups is 2. The minimum atomic E-state index is -1.83. The smallest absolute Gasteiger partial charge is 0.420 e. The Kier molecular flexibility index (Phi) is 7.51. The molecule has 0 saturated heterocycles. The Balaban J connectivity index is 2.22. The lowest BCUT2D eigenvalue weighted by Crippen LogP contribution is -2.43. The number of aromatic nitrogens is 2. The number of nitrogens with zero attached hydrogens (tertiary/aromatic N) is 3. The predicted molar refractivity (Wildman–Crippen MR) is 117 cm³/mol. The molecule has 0 atom stereocenters. The van der Waals surface area contributed by atoms with Crippen molar-refractivity contribution >= 4 is 47.0 Å². The third-order valence-corrected chi connectivity index (χ3v) is 3.93. The molecule has 1 heterocycles. The van der Waals surface area contributed by atoms with Crippen molar-refractivity contribution in [2.75, 3.05) is 0 Å². The summed E-state index contributed by atoms with van der Waals surface area (Å²) in [4.78, 5) is 30.2. The standard InChI is InChI=1S/C20H24Cl3N3O5/c1-18(2,3)29-16(27)26(17(28)30-19(4,5)6)11-12-7-9-13(10-8-12)14-24-15(31-25-14)20(21,22)23/h7-10H,11H2,1-6H3. The van der Waals surface area contributed by atoms with Gasteiger partial charge in [0.15, 0.2) is 0 Å². The first-order valence-electron chi connectivity index (χ1n) is 9.29. The topological polar surface area (TPSA) is 94.8 Å². The molecule has 8 nitrogen and oxygen atoms in total. The molecular weight excluding hydrogens is 469 g/mol. The van der Waals surface area contributed by atoms with E-state index in [1.807, 2.05) is 0 Å². The van der Waals surface area contributed by atoms with E-state index >= 15 is 0 Å². The van der Waals surface area contributed by atoms with Crippen molar-refractivity contribution in [2.45, 2.75) is 63.1 Å². The van der Waals surface area contributed by atoms with Crippen molar-refractivity contribution in [2.24, 2.45) is 0 Å². The van der Waals surface area contributed by atoms with Gasteiger partial charge in [0.25, 0.3) is 9.68 Å². The first kappa shape index (κ1) is 25.2. The van der Waals surface area contributed by atoms with Crippen LogP contribution < -0.4 is 0 Å². The van der Waals surface area contributed by atoms with Crippen LogP contribution in [0.4, 0.5) is 9.59 Å². The maximum absolute atomic E-state index is 12.6. The highest BCUT2D eigenvalue weighted by Crippen LogP contribution is 2.37. The lowest BCUT2D eigenvalue weighted by molar-refractivity contribution is -0.000246. The molecule has 2 rings (SSSR count). The SMILES string of the molecule is CC(C)(C)OC(=O)N(Cc1ccc(-c2noc(C(Cl)(Cl)Cl)n2)cc1)C(=O)OC(C)(C)C. The average Bonchev–Trinajstić information content (AvgIpc) is 3.07. The molecule has 2 amide bonds. The maximum atomic E-state index is 12.6. The lowest BCUT2D eigenvalue weighted by atomic mass is 10.1. The Bertz CT molecular complexity index is 897. The molecule has 0 aliphatic rings. The number of hydrogen-bond acceptors (Lipinski definition) is 7. The molecule has 1 aromatic carbocycles. The summed E-state index contributed by atoms with van der Waals surface area (Å²) in [5.74, 6) is 0.0709. The van der Waals surface area contributed by atoms with Gasteiger partial charge < -0.3 is 14.0 Å². The molecule has 0 unspecified atom stereocenters. The quantitative estimate of drug-likeness (QED) is 0.468. The van der Waals surface area contributed by atoms with Crippen LogP contribution in [-0.4, -0.2) is 38.4 Å². The number of carbonyl (C=O) groups excluding carboxylic acids is 2. The molecule has 0 bridgehead atoms. The molecule has 31 heavy (non-hydrogen) atoms. The lowest BCUT2D eigenvalue weighted by Gasteiger charge is -2.28. The van der Waals surface area contributed by atoms with Crippen molar-refractivity contribution in [3.63, 3.8) is 0 Å². The van der Waals surface area contributed by atoms with E-state index in [0.29, 0.717) is 11.1 Å². The second kappa shape index (κ2) is 9.22. The number of imide groups is 1. The molecule has 0 N–H and O–H groups in total. The summed E-state index contributed by atoms with van der Waals surface area (Å²) in [5, 5.41) is 3.78. The van der Waals surface area contributed by atoms with Gasteiger partial charge in [0.05, 0.1) is 6.54 Å². The van der Waals surface area contributed by atoms with E-state index in [9.17, 15) is 9.59 Å². The summed E-state index contributed by atoms with van der Waals surface area (Å²) < 4.78 is 13.8. The molecule has 0 saturated carbocycles. The maximum Gasteiger partial charge on any atom is 0.420 e. The van der Waals surface area contributed by atoms with E-state index in [2.05, 4.69) is 10.1 Å². The van der Waals surface area contributed by atoms with Gasteiger partial charge in [-0.25, -0.2) is 14.5 Å². The van der Waals surface area contributed by atoms with Crippen molar-refractivity contribution in [1.29, 1.82) is 0 Å². The Morgan fingerprint density at radius 3 is 1.81 bits per heavy atom. The summed E-state index contributed by atoms with van der Waals surface area (Å²) in [6, 6.07) is 6.76. The van der Waals surface area contributed by atoms with Crippen LogP contribution in [0, 0.1) is 0 Å². The van der Waals surface area contributed by atoms with E-state index in [1.165, 1.54) is 0 Å². The number of ether oxygens (including phenoxy) is 2. The number of rotatable bonds is 3. The molecule has 1 aromatic heterocycles. The number of benzene rings is 1. The minimum Gasteiger partial charge on any atom is -0.443 e. The zero-order chi connectivity index (χ0) is 23.6. The summed E-state index contributed by atoms with van der Waals surface area (Å²) in [6.45, 7) is 10.2. The van der Waals surface area contributed by atoms with Crippen molar-refractivity contribution in [3.05, 3.63) is 35.7 Å². The van der Waals surface area contributed by atoms with Crippen molar-refractivity contribution < 1.29 is 23.6 Å². The van der Waals surface area contributed by atoms with E-state index in [0.717, 1.165) is 4.90 Å². The molecule has 0 fully saturated rings. The molecule has 11 heteroatoms. The van der Waals surface area contributed by atoms with E-state index in [4.69, 9.17) is 48.8 Å². The fraction of sp³-hybridized carbons (Fsp3) is 0.500. The number of amides is 2. The van der Waals surface area contributed by atoms with Crippen molar-refractivity contribution in [1.82, 2.24) is 15.0 Å². The van der Waals surface area contributed by atoms with Gasteiger partial charge in [-0.1, -0.05) is 64.2 Å². The summed E-state index contributed by atoms with van der Waals surface area (Å²) in [7, 11) is 0. The molecule has 0 spiro atoms. The number of alkyl halides is 3. The zero-order valence-electron chi connectivity index (χ0n) is 18.0. The van der Waals surface area contributed by atoms with Crippen LogP contribution >= 0.6 is 34.8 Å². The zero-order valence-corrected chi connectivity index (χ0v) is 20.3. The van der Waals surface area contributed by atoms with Crippen LogP contribution in [-0.2, 0) is 19.8 Å². The largest absolute Gasteiger partial charge is 0.443 e. The second-order valence-electron chi connectivity index (χ2n) is 8.66. The van der Waals surface area contributed by atoms with Gasteiger partial charge >= 0.3 is 12.2 Å². The average molecular weight is 493 g/mol. The van der Waals surface area contributed by atoms with E-state index in [1.54, 1.807) is 65.8 Å². The minimum absolute atomic E-state index is 0.0598. The van der Waals surface area contributed by atoms with Gasteiger partial charge in [0, 0.05) is 5.56 Å². The van der Waals surface area contributed by atoms with E-state index < -0.39 is 27.2 Å². The van der Waals surface area contributed by atoms with Gasteiger partial charge in [-0.05, 0) is 47.1 Å². The van der Waals surface area contributed by atoms with Crippen molar-refractivity contribution in [3.8, 4) is 11.4 Å². The molecular formula is C20H24Cl3N3O5. The third-order valence-electron chi connectivity index (χ3n) is 3.45. The molecule has 0 aliphatic heterocycles. The highest BCUT2D eigenvalue weighted by molar-refractivity contribution is 6.66. The summed E-state index contributed by atoms with van der Waals surface area (Å²) in [6.07, 6.45) is -1.62. The van der Waals surface area contributed by atoms with Crippen LogP contribution in [0.2, 0.25) is 0 Å². The first-order valence-corrected chi connectivity index (χ1v) is 10.4. The van der Waals surface area contributed by atoms with Gasteiger partial charge in [0.2, 0.25) is 5.82 Å². The molecule has 0 aliphatic carbocycles. The van der Waals surface area contributed by atoms with Crippen LogP contribution in [0.15, 0.2) is 28.8 Å². The fourth-order valence-corrected chi connectivity index (χ4v) is 2.47. The third kappa shape index (κ3) is 7.87. The Hall–Kier alpha value is -2.03. The monoisotopic (exact) mass is 491 g/mol. The highest BCUT2D eigenvalue weighted by Gasteiger charge is 2.32. The van der Waals surface area contributed by atoms with Crippen LogP contribution in [0.25, 0.3) is 11.4 Å². The predicted octanol–water partition coefficient (Wildman–Crippen LogP) is 6.24. The Morgan fingerprint density at radius 2 is 1.42 bits per heavy atom. The second-order valence-corrected chi connectivity index (χ2v) is 10.9. The van der Waals surface area contributed by atoms with Gasteiger partial charge in [-0.15, -0.1) is 0 Å². The molecule has 2 aromatic rings. The van der Waals surface area contributed by atoms with Gasteiger partial charge in [-0.3, -0.25) is 0 Å². The van der Waals surface area contributed by atoms with Crippen LogP contribution in [0.1, 0.15) is 53.0 Å². The fourth-order valence-electron chi connectivity index (χ4n) is 2.24.